The fourth-order valence-electron chi connectivity index (χ4n) is 2.35. The molecule has 0 saturated heterocycles. The Morgan fingerprint density at radius 1 is 1.38 bits per heavy atom. The van der Waals surface area contributed by atoms with E-state index in [-0.39, 0.29) is 5.91 Å². The Labute approximate surface area is 151 Å². The van der Waals surface area contributed by atoms with Gasteiger partial charge in [-0.3, -0.25) is 4.79 Å². The van der Waals surface area contributed by atoms with Crippen LogP contribution in [0.2, 0.25) is 0 Å². The molecule has 0 aliphatic heterocycles. The number of rotatable bonds is 5. The molecule has 9 heteroatoms. The van der Waals surface area contributed by atoms with Crippen molar-refractivity contribution in [3.63, 3.8) is 0 Å². The summed E-state index contributed by atoms with van der Waals surface area (Å²) in [6.07, 6.45) is 2.32. The Morgan fingerprint density at radius 2 is 2.19 bits per heavy atom. The SMILES string of the molecule is C[C@@H](C(=O)Nc1ncc(Cc2cccc(C(F)(F)F)c2)s1)n1ccnc1. The monoisotopic (exact) mass is 380 g/mol. The Balaban J connectivity index is 1.66. The third-order valence-corrected chi connectivity index (χ3v) is 4.68. The van der Waals surface area contributed by atoms with Crippen molar-refractivity contribution in [1.29, 1.82) is 0 Å². The number of benzene rings is 1. The zero-order chi connectivity index (χ0) is 18.7. The summed E-state index contributed by atoms with van der Waals surface area (Å²) in [5.74, 6) is -0.247. The van der Waals surface area contributed by atoms with Gasteiger partial charge in [0.2, 0.25) is 5.91 Å². The van der Waals surface area contributed by atoms with Crippen molar-refractivity contribution in [3.8, 4) is 0 Å². The van der Waals surface area contributed by atoms with Crippen LogP contribution in [0.5, 0.6) is 0 Å². The van der Waals surface area contributed by atoms with E-state index in [0.717, 1.165) is 17.0 Å². The minimum absolute atomic E-state index is 0.247. The number of aromatic nitrogens is 3. The topological polar surface area (TPSA) is 59.8 Å². The number of nitrogens with zero attached hydrogens (tertiary/aromatic N) is 3. The number of thiazole rings is 1. The summed E-state index contributed by atoms with van der Waals surface area (Å²) in [5, 5.41) is 3.12. The fourth-order valence-corrected chi connectivity index (χ4v) is 3.20. The van der Waals surface area contributed by atoms with Crippen LogP contribution in [0.4, 0.5) is 18.3 Å². The van der Waals surface area contributed by atoms with Gasteiger partial charge in [0.1, 0.15) is 6.04 Å². The predicted octanol–water partition coefficient (Wildman–Crippen LogP) is 4.15. The van der Waals surface area contributed by atoms with Crippen molar-refractivity contribution in [2.75, 3.05) is 5.32 Å². The van der Waals surface area contributed by atoms with E-state index in [1.165, 1.54) is 17.4 Å². The highest BCUT2D eigenvalue weighted by Gasteiger charge is 2.30. The average molecular weight is 380 g/mol. The zero-order valence-electron chi connectivity index (χ0n) is 13.7. The summed E-state index contributed by atoms with van der Waals surface area (Å²) in [6, 6.07) is 4.73. The van der Waals surface area contributed by atoms with Gasteiger partial charge >= 0.3 is 6.18 Å². The van der Waals surface area contributed by atoms with Crippen LogP contribution in [0.15, 0.2) is 49.2 Å². The molecule has 0 bridgehead atoms. The number of alkyl halides is 3. The molecule has 3 rings (SSSR count). The molecular formula is C17H15F3N4OS. The van der Waals surface area contributed by atoms with Crippen molar-refractivity contribution >= 4 is 22.4 Å². The lowest BCUT2D eigenvalue weighted by Crippen LogP contribution is -2.22. The summed E-state index contributed by atoms with van der Waals surface area (Å²) in [6.45, 7) is 1.73. The number of carbonyl (C=O) groups excluding carboxylic acids is 1. The standard InChI is InChI=1S/C17H15F3N4OS/c1-11(24-6-5-21-10-24)15(25)23-16-22-9-14(26-16)8-12-3-2-4-13(7-12)17(18,19)20/h2-7,9-11H,8H2,1H3,(H,22,23,25)/t11-/m0/s1. The maximum Gasteiger partial charge on any atom is 0.416 e. The molecule has 0 radical (unpaired) electrons. The summed E-state index contributed by atoms with van der Waals surface area (Å²) < 4.78 is 40.0. The molecular weight excluding hydrogens is 365 g/mol. The summed E-state index contributed by atoms with van der Waals surface area (Å²) in [5.41, 5.74) is -0.143. The molecule has 0 saturated carbocycles. The number of hydrogen-bond donors (Lipinski definition) is 1. The molecule has 26 heavy (non-hydrogen) atoms. The molecule has 0 spiro atoms. The van der Waals surface area contributed by atoms with E-state index in [1.807, 2.05) is 0 Å². The van der Waals surface area contributed by atoms with Gasteiger partial charge < -0.3 is 9.88 Å². The second-order valence-electron chi connectivity index (χ2n) is 5.68. The number of imidazole rings is 1. The van der Waals surface area contributed by atoms with Crippen LogP contribution < -0.4 is 5.32 Å². The molecule has 136 valence electrons. The van der Waals surface area contributed by atoms with E-state index < -0.39 is 17.8 Å². The van der Waals surface area contributed by atoms with Gasteiger partial charge in [-0.25, -0.2) is 9.97 Å². The highest BCUT2D eigenvalue weighted by molar-refractivity contribution is 7.15. The molecule has 1 N–H and O–H groups in total. The average Bonchev–Trinajstić information content (AvgIpc) is 3.26. The van der Waals surface area contributed by atoms with Crippen LogP contribution >= 0.6 is 11.3 Å². The Hall–Kier alpha value is -2.68. The number of hydrogen-bond acceptors (Lipinski definition) is 4. The lowest BCUT2D eigenvalue weighted by molar-refractivity contribution is -0.137. The van der Waals surface area contributed by atoms with Crippen LogP contribution in [0.1, 0.15) is 29.0 Å². The third-order valence-electron chi connectivity index (χ3n) is 3.77. The first-order valence-corrected chi connectivity index (χ1v) is 8.54. The lowest BCUT2D eigenvalue weighted by Gasteiger charge is -2.11. The number of halogens is 3. The molecule has 1 aromatic carbocycles. The highest BCUT2D eigenvalue weighted by atomic mass is 32.1. The van der Waals surface area contributed by atoms with Crippen LogP contribution in [0.3, 0.4) is 0 Å². The molecule has 1 atom stereocenters. The van der Waals surface area contributed by atoms with Gasteiger partial charge in [-0.2, -0.15) is 13.2 Å². The molecule has 0 unspecified atom stereocenters. The first kappa shape index (κ1) is 18.1. The fraction of sp³-hybridized carbons (Fsp3) is 0.235. The molecule has 1 amide bonds. The van der Waals surface area contributed by atoms with Gasteiger partial charge in [-0.15, -0.1) is 11.3 Å². The van der Waals surface area contributed by atoms with Gasteiger partial charge in [0.05, 0.1) is 11.9 Å². The van der Waals surface area contributed by atoms with E-state index in [4.69, 9.17) is 0 Å². The highest BCUT2D eigenvalue weighted by Crippen LogP contribution is 2.30. The summed E-state index contributed by atoms with van der Waals surface area (Å²) in [4.78, 5) is 21.0. The second-order valence-corrected chi connectivity index (χ2v) is 6.80. The van der Waals surface area contributed by atoms with Gasteiger partial charge in [0, 0.05) is 29.9 Å². The number of carbonyl (C=O) groups is 1. The smallest absolute Gasteiger partial charge is 0.325 e. The predicted molar refractivity (Wildman–Crippen MR) is 91.9 cm³/mol. The largest absolute Gasteiger partial charge is 0.416 e. The van der Waals surface area contributed by atoms with Crippen molar-refractivity contribution in [2.45, 2.75) is 25.6 Å². The Bertz CT molecular complexity index is 890. The minimum atomic E-state index is -4.37. The van der Waals surface area contributed by atoms with Gasteiger partial charge in [0.15, 0.2) is 5.13 Å². The van der Waals surface area contributed by atoms with Crippen molar-refractivity contribution < 1.29 is 18.0 Å². The van der Waals surface area contributed by atoms with Crippen LogP contribution in [0, 0.1) is 0 Å². The number of nitrogens with one attached hydrogen (secondary N) is 1. The molecule has 2 heterocycles. The molecule has 5 nitrogen and oxygen atoms in total. The number of anilines is 1. The first-order chi connectivity index (χ1) is 12.3. The molecule has 0 aliphatic rings. The third kappa shape index (κ3) is 4.29. The van der Waals surface area contributed by atoms with Crippen LogP contribution in [-0.2, 0) is 17.4 Å². The number of amides is 1. The molecule has 3 aromatic rings. The normalized spacial score (nSPS) is 12.8. The summed E-state index contributed by atoms with van der Waals surface area (Å²) in [7, 11) is 0. The molecule has 0 fully saturated rings. The maximum atomic E-state index is 12.8. The zero-order valence-corrected chi connectivity index (χ0v) is 14.5. The van der Waals surface area contributed by atoms with E-state index in [9.17, 15) is 18.0 Å². The van der Waals surface area contributed by atoms with E-state index in [2.05, 4.69) is 15.3 Å². The quantitative estimate of drug-likeness (QED) is 0.723. The minimum Gasteiger partial charge on any atom is -0.325 e. The van der Waals surface area contributed by atoms with E-state index in [1.54, 1.807) is 42.5 Å². The van der Waals surface area contributed by atoms with Crippen LogP contribution in [0.25, 0.3) is 0 Å². The van der Waals surface area contributed by atoms with Crippen LogP contribution in [-0.4, -0.2) is 20.4 Å². The van der Waals surface area contributed by atoms with E-state index in [0.29, 0.717) is 17.1 Å². The van der Waals surface area contributed by atoms with Gasteiger partial charge in [-0.05, 0) is 18.6 Å². The lowest BCUT2D eigenvalue weighted by atomic mass is 10.1. The van der Waals surface area contributed by atoms with E-state index >= 15 is 0 Å². The van der Waals surface area contributed by atoms with Gasteiger partial charge in [-0.1, -0.05) is 18.2 Å². The first-order valence-electron chi connectivity index (χ1n) is 7.72. The van der Waals surface area contributed by atoms with Crippen molar-refractivity contribution in [2.24, 2.45) is 0 Å². The van der Waals surface area contributed by atoms with Crippen molar-refractivity contribution in [1.82, 2.24) is 14.5 Å². The molecule has 0 aliphatic carbocycles. The Morgan fingerprint density at radius 3 is 2.88 bits per heavy atom. The molecule has 2 aromatic heterocycles. The summed E-state index contributed by atoms with van der Waals surface area (Å²) >= 11 is 1.23. The second kappa shape index (κ2) is 7.28. The van der Waals surface area contributed by atoms with Crippen molar-refractivity contribution in [3.05, 3.63) is 65.2 Å². The van der Waals surface area contributed by atoms with Gasteiger partial charge in [0.25, 0.3) is 0 Å². The maximum absolute atomic E-state index is 12.8. The Kier molecular flexibility index (Phi) is 5.08.